The van der Waals surface area contributed by atoms with Crippen LogP contribution in [0.25, 0.3) is 0 Å². The van der Waals surface area contributed by atoms with Crippen molar-refractivity contribution < 1.29 is 24.2 Å². The Hall–Kier alpha value is -2.40. The SMILES string of the molecule is C=CCCCC=CCOCC(C=CC=CCCCC)OC(=O)/C=C/C(=O)O. The monoisotopic (exact) mass is 376 g/mol. The average Bonchev–Trinajstić information content (AvgIpc) is 2.64. The van der Waals surface area contributed by atoms with Gasteiger partial charge in [0.15, 0.2) is 0 Å². The first kappa shape index (κ1) is 24.6. The van der Waals surface area contributed by atoms with E-state index in [1.54, 1.807) is 6.08 Å². The molecule has 1 N–H and O–H groups in total. The summed E-state index contributed by atoms with van der Waals surface area (Å²) in [7, 11) is 0. The molecule has 27 heavy (non-hydrogen) atoms. The van der Waals surface area contributed by atoms with E-state index in [0.29, 0.717) is 6.61 Å². The van der Waals surface area contributed by atoms with Crippen LogP contribution in [0.3, 0.4) is 0 Å². The summed E-state index contributed by atoms with van der Waals surface area (Å²) in [5.41, 5.74) is 0. The van der Waals surface area contributed by atoms with E-state index < -0.39 is 18.0 Å². The van der Waals surface area contributed by atoms with Crippen LogP contribution in [0, 0.1) is 0 Å². The van der Waals surface area contributed by atoms with Crippen LogP contribution in [-0.2, 0) is 19.1 Å². The van der Waals surface area contributed by atoms with Crippen LogP contribution in [-0.4, -0.2) is 36.4 Å². The fourth-order valence-corrected chi connectivity index (χ4v) is 1.96. The Bertz CT molecular complexity index is 529. The molecule has 0 amide bonds. The first-order valence-corrected chi connectivity index (χ1v) is 9.38. The van der Waals surface area contributed by atoms with E-state index in [2.05, 4.69) is 19.6 Å². The summed E-state index contributed by atoms with van der Waals surface area (Å²) in [6.45, 7) is 6.44. The number of unbranched alkanes of at least 4 members (excludes halogenated alkanes) is 4. The molecule has 0 bridgehead atoms. The predicted molar refractivity (Wildman–Crippen MR) is 108 cm³/mol. The second-order valence-electron chi connectivity index (χ2n) is 5.83. The van der Waals surface area contributed by atoms with Crippen molar-refractivity contribution in [2.75, 3.05) is 13.2 Å². The Morgan fingerprint density at radius 3 is 2.52 bits per heavy atom. The maximum absolute atomic E-state index is 11.7. The zero-order chi connectivity index (χ0) is 20.2. The molecule has 5 nitrogen and oxygen atoms in total. The van der Waals surface area contributed by atoms with Crippen LogP contribution >= 0.6 is 0 Å². The van der Waals surface area contributed by atoms with Gasteiger partial charge in [0.25, 0.3) is 0 Å². The second kappa shape index (κ2) is 18.4. The molecule has 0 heterocycles. The lowest BCUT2D eigenvalue weighted by Gasteiger charge is -2.12. The quantitative estimate of drug-likeness (QED) is 0.138. The molecule has 0 aromatic heterocycles. The summed E-state index contributed by atoms with van der Waals surface area (Å²) in [5.74, 6) is -1.92. The Balaban J connectivity index is 4.43. The molecule has 0 rings (SSSR count). The maximum atomic E-state index is 11.7. The summed E-state index contributed by atoms with van der Waals surface area (Å²) in [5, 5.41) is 8.56. The van der Waals surface area contributed by atoms with Gasteiger partial charge in [-0.2, -0.15) is 0 Å². The minimum Gasteiger partial charge on any atom is -0.478 e. The van der Waals surface area contributed by atoms with Crippen molar-refractivity contribution in [3.8, 4) is 0 Å². The Kier molecular flexibility index (Phi) is 16.8. The summed E-state index contributed by atoms with van der Waals surface area (Å²) in [6, 6.07) is 0. The third-order valence-corrected chi connectivity index (χ3v) is 3.37. The summed E-state index contributed by atoms with van der Waals surface area (Å²) >= 11 is 0. The van der Waals surface area contributed by atoms with Crippen molar-refractivity contribution in [2.45, 2.75) is 51.6 Å². The summed E-state index contributed by atoms with van der Waals surface area (Å²) in [4.78, 5) is 22.1. The molecule has 0 spiro atoms. The summed E-state index contributed by atoms with van der Waals surface area (Å²) < 4.78 is 10.7. The molecular formula is C22H32O5. The van der Waals surface area contributed by atoms with Gasteiger partial charge >= 0.3 is 11.9 Å². The second-order valence-corrected chi connectivity index (χ2v) is 5.83. The molecule has 1 unspecified atom stereocenters. The van der Waals surface area contributed by atoms with Crippen molar-refractivity contribution in [3.63, 3.8) is 0 Å². The highest BCUT2D eigenvalue weighted by Crippen LogP contribution is 2.01. The standard InChI is InChI=1S/C22H32O5/c1-3-5-7-9-11-13-15-20(27-22(25)17-16-21(23)24)19-26-18-14-12-10-8-6-4-2/h4,9,11-17,20H,2-3,5-8,10,18-19H2,1H3,(H,23,24)/b11-9?,14-12?,15-13?,17-16+. The average molecular weight is 376 g/mol. The smallest absolute Gasteiger partial charge is 0.331 e. The molecule has 0 aromatic rings. The molecule has 1 atom stereocenters. The van der Waals surface area contributed by atoms with Crippen molar-refractivity contribution >= 4 is 11.9 Å². The van der Waals surface area contributed by atoms with E-state index in [1.807, 2.05) is 30.4 Å². The van der Waals surface area contributed by atoms with Gasteiger partial charge in [-0.3, -0.25) is 0 Å². The Morgan fingerprint density at radius 2 is 1.81 bits per heavy atom. The highest BCUT2D eigenvalue weighted by molar-refractivity contribution is 5.90. The lowest BCUT2D eigenvalue weighted by atomic mass is 10.2. The van der Waals surface area contributed by atoms with Gasteiger partial charge in [0, 0.05) is 12.2 Å². The molecule has 0 saturated heterocycles. The highest BCUT2D eigenvalue weighted by atomic mass is 16.6. The third-order valence-electron chi connectivity index (χ3n) is 3.37. The van der Waals surface area contributed by atoms with Gasteiger partial charge < -0.3 is 14.6 Å². The van der Waals surface area contributed by atoms with E-state index >= 15 is 0 Å². The van der Waals surface area contributed by atoms with Crippen LogP contribution in [0.5, 0.6) is 0 Å². The van der Waals surface area contributed by atoms with Gasteiger partial charge in [-0.15, -0.1) is 6.58 Å². The van der Waals surface area contributed by atoms with Gasteiger partial charge in [0.05, 0.1) is 13.2 Å². The maximum Gasteiger partial charge on any atom is 0.331 e. The molecule has 5 heteroatoms. The van der Waals surface area contributed by atoms with Crippen LogP contribution in [0.1, 0.15) is 45.4 Å². The number of rotatable bonds is 16. The van der Waals surface area contributed by atoms with E-state index in [9.17, 15) is 9.59 Å². The number of aliphatic carboxylic acids is 1. The third kappa shape index (κ3) is 18.2. The lowest BCUT2D eigenvalue weighted by Crippen LogP contribution is -2.20. The zero-order valence-electron chi connectivity index (χ0n) is 16.2. The molecule has 0 aliphatic rings. The Morgan fingerprint density at radius 1 is 1.04 bits per heavy atom. The fourth-order valence-electron chi connectivity index (χ4n) is 1.96. The number of ether oxygens (including phenoxy) is 2. The number of carbonyl (C=O) groups excluding carboxylic acids is 1. The molecule has 0 aliphatic heterocycles. The topological polar surface area (TPSA) is 72.8 Å². The van der Waals surface area contributed by atoms with Crippen molar-refractivity contribution in [2.24, 2.45) is 0 Å². The number of carbonyl (C=O) groups is 2. The van der Waals surface area contributed by atoms with E-state index in [4.69, 9.17) is 14.6 Å². The summed E-state index contributed by atoms with van der Waals surface area (Å²) in [6.07, 6.45) is 20.7. The number of hydrogen-bond acceptors (Lipinski definition) is 4. The van der Waals surface area contributed by atoms with Crippen LogP contribution in [0.4, 0.5) is 0 Å². The van der Waals surface area contributed by atoms with Crippen molar-refractivity contribution in [3.05, 3.63) is 61.3 Å². The number of carboxylic acids is 1. The van der Waals surface area contributed by atoms with Gasteiger partial charge in [-0.25, -0.2) is 9.59 Å². The molecule has 150 valence electrons. The van der Waals surface area contributed by atoms with Crippen molar-refractivity contribution in [1.29, 1.82) is 0 Å². The van der Waals surface area contributed by atoms with E-state index in [0.717, 1.165) is 50.7 Å². The largest absolute Gasteiger partial charge is 0.478 e. The molecule has 0 fully saturated rings. The zero-order valence-corrected chi connectivity index (χ0v) is 16.2. The van der Waals surface area contributed by atoms with Crippen LogP contribution in [0.2, 0.25) is 0 Å². The number of carboxylic acid groups (broad SMARTS) is 1. The predicted octanol–water partition coefficient (Wildman–Crippen LogP) is 4.77. The first-order valence-electron chi connectivity index (χ1n) is 9.38. The van der Waals surface area contributed by atoms with E-state index in [-0.39, 0.29) is 6.61 Å². The Labute approximate surface area is 162 Å². The molecular weight excluding hydrogens is 344 g/mol. The normalized spacial score (nSPS) is 13.1. The molecule has 0 aromatic carbocycles. The van der Waals surface area contributed by atoms with Crippen molar-refractivity contribution in [1.82, 2.24) is 0 Å². The fraction of sp³-hybridized carbons (Fsp3) is 0.455. The minimum atomic E-state index is -1.20. The van der Waals surface area contributed by atoms with Gasteiger partial charge in [-0.1, -0.05) is 56.2 Å². The first-order chi connectivity index (χ1) is 13.1. The van der Waals surface area contributed by atoms with E-state index in [1.165, 1.54) is 0 Å². The van der Waals surface area contributed by atoms with Gasteiger partial charge in [-0.05, 0) is 31.8 Å². The molecule has 0 saturated carbocycles. The number of allylic oxidation sites excluding steroid dienone is 5. The van der Waals surface area contributed by atoms with Crippen LogP contribution < -0.4 is 0 Å². The lowest BCUT2D eigenvalue weighted by molar-refractivity contribution is -0.143. The molecule has 0 aliphatic carbocycles. The molecule has 0 radical (unpaired) electrons. The minimum absolute atomic E-state index is 0.197. The highest BCUT2D eigenvalue weighted by Gasteiger charge is 2.09. The number of hydrogen-bond donors (Lipinski definition) is 1. The van der Waals surface area contributed by atoms with Crippen LogP contribution in [0.15, 0.2) is 61.3 Å². The number of esters is 1. The van der Waals surface area contributed by atoms with Gasteiger partial charge in [0.1, 0.15) is 6.10 Å². The van der Waals surface area contributed by atoms with Gasteiger partial charge in [0.2, 0.25) is 0 Å².